The average Bonchev–Trinajstić information content (AvgIpc) is 2.60. The van der Waals surface area contributed by atoms with E-state index in [0.29, 0.717) is 6.54 Å². The Morgan fingerprint density at radius 1 is 1.53 bits per heavy atom. The highest BCUT2D eigenvalue weighted by molar-refractivity contribution is 9.10. The van der Waals surface area contributed by atoms with Crippen LogP contribution in [0.5, 0.6) is 0 Å². The molecule has 0 atom stereocenters. The number of benzene rings is 1. The van der Waals surface area contributed by atoms with Crippen molar-refractivity contribution in [3.63, 3.8) is 0 Å². The number of likely N-dealkylation sites (N-methyl/N-ethyl adjacent to an activating group) is 1. The Labute approximate surface area is 96.0 Å². The number of halogens is 1. The zero-order chi connectivity index (χ0) is 10.8. The zero-order valence-electron chi connectivity index (χ0n) is 8.30. The maximum absolute atomic E-state index is 11.6. The summed E-state index contributed by atoms with van der Waals surface area (Å²) in [5.41, 5.74) is 1.70. The molecule has 0 amide bonds. The summed E-state index contributed by atoms with van der Waals surface area (Å²) in [6, 6.07) is 5.67. The molecule has 0 fully saturated rings. The second-order valence-corrected chi connectivity index (χ2v) is 4.20. The van der Waals surface area contributed by atoms with Gasteiger partial charge in [-0.25, -0.2) is 0 Å². The van der Waals surface area contributed by atoms with Crippen LogP contribution >= 0.6 is 15.9 Å². The predicted molar refractivity (Wildman–Crippen MR) is 64.3 cm³/mol. The SMILES string of the molecule is CNCC(=O)c1ccc2c(Br)c[nH]c2c1. The van der Waals surface area contributed by atoms with Gasteiger partial charge in [0.15, 0.2) is 5.78 Å². The van der Waals surface area contributed by atoms with Gasteiger partial charge >= 0.3 is 0 Å². The molecule has 0 unspecified atom stereocenters. The molecule has 0 spiro atoms. The van der Waals surface area contributed by atoms with Crippen molar-refractivity contribution in [3.8, 4) is 0 Å². The standard InChI is InChI=1S/C11H11BrN2O/c1-13-6-11(15)7-2-3-8-9(12)5-14-10(8)4-7/h2-5,13-14H,6H2,1H3. The predicted octanol–water partition coefficient (Wildman–Crippen LogP) is 2.33. The topological polar surface area (TPSA) is 44.9 Å². The Hall–Kier alpha value is -1.13. The van der Waals surface area contributed by atoms with Gasteiger partial charge in [0.25, 0.3) is 0 Å². The molecule has 0 aliphatic rings. The van der Waals surface area contributed by atoms with E-state index < -0.39 is 0 Å². The van der Waals surface area contributed by atoms with Crippen LogP contribution in [0, 0.1) is 0 Å². The van der Waals surface area contributed by atoms with E-state index in [0.717, 1.165) is 20.9 Å². The van der Waals surface area contributed by atoms with Crippen LogP contribution in [-0.2, 0) is 0 Å². The van der Waals surface area contributed by atoms with E-state index >= 15 is 0 Å². The number of fused-ring (bicyclic) bond motifs is 1. The van der Waals surface area contributed by atoms with E-state index in [1.165, 1.54) is 0 Å². The normalized spacial score (nSPS) is 10.8. The van der Waals surface area contributed by atoms with Crippen LogP contribution in [0.1, 0.15) is 10.4 Å². The second kappa shape index (κ2) is 4.16. The lowest BCUT2D eigenvalue weighted by molar-refractivity contribution is 0.0993. The summed E-state index contributed by atoms with van der Waals surface area (Å²) in [6.45, 7) is 0.368. The fourth-order valence-corrected chi connectivity index (χ4v) is 1.99. The van der Waals surface area contributed by atoms with Crippen molar-refractivity contribution < 1.29 is 4.79 Å². The molecule has 4 heteroatoms. The summed E-state index contributed by atoms with van der Waals surface area (Å²) in [5, 5.41) is 3.94. The number of rotatable bonds is 3. The van der Waals surface area contributed by atoms with Crippen molar-refractivity contribution in [3.05, 3.63) is 34.4 Å². The van der Waals surface area contributed by atoms with Gasteiger partial charge in [-0.15, -0.1) is 0 Å². The third-order valence-electron chi connectivity index (χ3n) is 2.29. The number of aromatic nitrogens is 1. The molecule has 0 aliphatic carbocycles. The Morgan fingerprint density at radius 2 is 2.33 bits per heavy atom. The summed E-state index contributed by atoms with van der Waals surface area (Å²) in [5.74, 6) is 0.102. The zero-order valence-corrected chi connectivity index (χ0v) is 9.89. The van der Waals surface area contributed by atoms with Gasteiger partial charge in [-0.2, -0.15) is 0 Å². The summed E-state index contributed by atoms with van der Waals surface area (Å²) < 4.78 is 1.02. The molecule has 0 saturated carbocycles. The summed E-state index contributed by atoms with van der Waals surface area (Å²) in [6.07, 6.45) is 1.87. The molecule has 78 valence electrons. The number of ketones is 1. The molecule has 2 rings (SSSR count). The highest BCUT2D eigenvalue weighted by atomic mass is 79.9. The summed E-state index contributed by atoms with van der Waals surface area (Å²) in [4.78, 5) is 14.7. The van der Waals surface area contributed by atoms with Crippen LogP contribution in [0.4, 0.5) is 0 Å². The third kappa shape index (κ3) is 1.96. The minimum absolute atomic E-state index is 0.102. The quantitative estimate of drug-likeness (QED) is 0.838. The van der Waals surface area contributed by atoms with E-state index in [1.54, 1.807) is 7.05 Å². The van der Waals surface area contributed by atoms with Gasteiger partial charge in [-0.3, -0.25) is 4.79 Å². The number of carbonyl (C=O) groups excluding carboxylic acids is 1. The van der Waals surface area contributed by atoms with Gasteiger partial charge in [0.05, 0.1) is 6.54 Å². The lowest BCUT2D eigenvalue weighted by Crippen LogP contribution is -2.18. The van der Waals surface area contributed by atoms with Crippen LogP contribution < -0.4 is 5.32 Å². The first-order chi connectivity index (χ1) is 7.22. The van der Waals surface area contributed by atoms with Gasteiger partial charge in [-0.05, 0) is 29.0 Å². The lowest BCUT2D eigenvalue weighted by Gasteiger charge is -2.00. The maximum atomic E-state index is 11.6. The van der Waals surface area contributed by atoms with Crippen molar-refractivity contribution in [2.24, 2.45) is 0 Å². The number of carbonyl (C=O) groups is 1. The molecule has 1 aromatic heterocycles. The molecular weight excluding hydrogens is 256 g/mol. The van der Waals surface area contributed by atoms with E-state index in [2.05, 4.69) is 26.2 Å². The number of hydrogen-bond donors (Lipinski definition) is 2. The van der Waals surface area contributed by atoms with E-state index in [4.69, 9.17) is 0 Å². The monoisotopic (exact) mass is 266 g/mol. The van der Waals surface area contributed by atoms with Crippen LogP contribution in [0.2, 0.25) is 0 Å². The smallest absolute Gasteiger partial charge is 0.176 e. The van der Waals surface area contributed by atoms with Gasteiger partial charge < -0.3 is 10.3 Å². The first-order valence-electron chi connectivity index (χ1n) is 4.67. The number of nitrogens with one attached hydrogen (secondary N) is 2. The van der Waals surface area contributed by atoms with Crippen LogP contribution in [-0.4, -0.2) is 24.4 Å². The van der Waals surface area contributed by atoms with Crippen LogP contribution in [0.25, 0.3) is 10.9 Å². The molecule has 3 nitrogen and oxygen atoms in total. The van der Waals surface area contributed by atoms with E-state index in [1.807, 2.05) is 24.4 Å². The molecule has 2 N–H and O–H groups in total. The number of hydrogen-bond acceptors (Lipinski definition) is 2. The van der Waals surface area contributed by atoms with Gasteiger partial charge in [0, 0.05) is 27.1 Å². The van der Waals surface area contributed by atoms with Crippen molar-refractivity contribution in [1.82, 2.24) is 10.3 Å². The van der Waals surface area contributed by atoms with Crippen molar-refractivity contribution in [2.45, 2.75) is 0 Å². The van der Waals surface area contributed by atoms with Crippen molar-refractivity contribution in [1.29, 1.82) is 0 Å². The minimum Gasteiger partial charge on any atom is -0.360 e. The molecule has 0 bridgehead atoms. The molecule has 2 aromatic rings. The number of H-pyrrole nitrogens is 1. The summed E-state index contributed by atoms with van der Waals surface area (Å²) >= 11 is 3.43. The van der Waals surface area contributed by atoms with E-state index in [-0.39, 0.29) is 5.78 Å². The first kappa shape index (κ1) is 10.4. The molecule has 1 heterocycles. The fourth-order valence-electron chi connectivity index (χ4n) is 1.53. The molecule has 1 aromatic carbocycles. The van der Waals surface area contributed by atoms with Gasteiger partial charge in [-0.1, -0.05) is 12.1 Å². The molecule has 0 radical (unpaired) electrons. The third-order valence-corrected chi connectivity index (χ3v) is 2.95. The Balaban J connectivity index is 2.43. The molecule has 0 saturated heterocycles. The molecular formula is C11H11BrN2O. The molecule has 15 heavy (non-hydrogen) atoms. The number of Topliss-reactive ketones (excluding diaryl/α,β-unsaturated/α-hetero) is 1. The maximum Gasteiger partial charge on any atom is 0.176 e. The Morgan fingerprint density at radius 3 is 3.07 bits per heavy atom. The Kier molecular flexibility index (Phi) is 2.88. The molecule has 0 aliphatic heterocycles. The highest BCUT2D eigenvalue weighted by Crippen LogP contribution is 2.24. The van der Waals surface area contributed by atoms with Crippen LogP contribution in [0.3, 0.4) is 0 Å². The Bertz CT molecular complexity index is 504. The van der Waals surface area contributed by atoms with Gasteiger partial charge in [0.1, 0.15) is 0 Å². The van der Waals surface area contributed by atoms with Crippen molar-refractivity contribution >= 4 is 32.6 Å². The largest absolute Gasteiger partial charge is 0.360 e. The lowest BCUT2D eigenvalue weighted by atomic mass is 10.1. The average molecular weight is 267 g/mol. The van der Waals surface area contributed by atoms with E-state index in [9.17, 15) is 4.79 Å². The van der Waals surface area contributed by atoms with Gasteiger partial charge in [0.2, 0.25) is 0 Å². The second-order valence-electron chi connectivity index (χ2n) is 3.35. The van der Waals surface area contributed by atoms with Crippen molar-refractivity contribution in [2.75, 3.05) is 13.6 Å². The van der Waals surface area contributed by atoms with Crippen LogP contribution in [0.15, 0.2) is 28.9 Å². The highest BCUT2D eigenvalue weighted by Gasteiger charge is 2.07. The minimum atomic E-state index is 0.102. The summed E-state index contributed by atoms with van der Waals surface area (Å²) in [7, 11) is 1.77. The number of aromatic amines is 1. The fraction of sp³-hybridized carbons (Fsp3) is 0.182. The first-order valence-corrected chi connectivity index (χ1v) is 5.46.